The lowest BCUT2D eigenvalue weighted by atomic mass is 9.76. The van der Waals surface area contributed by atoms with Crippen molar-refractivity contribution in [2.24, 2.45) is 11.3 Å². The number of carbonyl (C=O) groups is 3. The highest BCUT2D eigenvalue weighted by Crippen LogP contribution is 2.44. The normalized spacial score (nSPS) is 27.5. The Morgan fingerprint density at radius 3 is 2.17 bits per heavy atom. The van der Waals surface area contributed by atoms with Gasteiger partial charge in [-0.3, -0.25) is 9.59 Å². The fourth-order valence-corrected chi connectivity index (χ4v) is 4.78. The Bertz CT molecular complexity index is 495. The van der Waals surface area contributed by atoms with Gasteiger partial charge in [0.05, 0.1) is 0 Å². The van der Waals surface area contributed by atoms with Crippen molar-refractivity contribution in [1.82, 2.24) is 9.80 Å². The van der Waals surface area contributed by atoms with Gasteiger partial charge in [0.1, 0.15) is 6.04 Å². The Balaban J connectivity index is 1.61. The first-order valence-electron chi connectivity index (χ1n) is 9.21. The summed E-state index contributed by atoms with van der Waals surface area (Å²) in [6.07, 6.45) is 7.71. The largest absolute Gasteiger partial charge is 0.480 e. The molecule has 3 fully saturated rings. The van der Waals surface area contributed by atoms with Gasteiger partial charge in [-0.2, -0.15) is 0 Å². The molecule has 0 aromatic heterocycles. The van der Waals surface area contributed by atoms with Crippen molar-refractivity contribution in [3.63, 3.8) is 0 Å². The number of hydrogen-bond acceptors (Lipinski definition) is 3. The van der Waals surface area contributed by atoms with E-state index in [0.717, 1.165) is 38.5 Å². The van der Waals surface area contributed by atoms with Crippen LogP contribution in [0.2, 0.25) is 0 Å². The van der Waals surface area contributed by atoms with Gasteiger partial charge in [-0.15, -0.1) is 0 Å². The van der Waals surface area contributed by atoms with Crippen molar-refractivity contribution in [3.8, 4) is 0 Å². The number of aliphatic carboxylic acids is 1. The van der Waals surface area contributed by atoms with E-state index < -0.39 is 12.0 Å². The van der Waals surface area contributed by atoms with Crippen LogP contribution in [-0.4, -0.2) is 58.4 Å². The Morgan fingerprint density at radius 2 is 1.67 bits per heavy atom. The van der Waals surface area contributed by atoms with Crippen LogP contribution in [0, 0.1) is 11.3 Å². The molecular formula is C18H28N2O4. The minimum Gasteiger partial charge on any atom is -0.480 e. The van der Waals surface area contributed by atoms with Crippen LogP contribution in [0.25, 0.3) is 0 Å². The van der Waals surface area contributed by atoms with Crippen molar-refractivity contribution in [2.75, 3.05) is 19.6 Å². The second-order valence-corrected chi connectivity index (χ2v) is 7.87. The van der Waals surface area contributed by atoms with E-state index in [2.05, 4.69) is 0 Å². The quantitative estimate of drug-likeness (QED) is 0.835. The smallest absolute Gasteiger partial charge is 0.326 e. The molecular weight excluding hydrogens is 308 g/mol. The highest BCUT2D eigenvalue weighted by Gasteiger charge is 2.49. The summed E-state index contributed by atoms with van der Waals surface area (Å²) in [4.78, 5) is 39.4. The van der Waals surface area contributed by atoms with Gasteiger partial charge in [0, 0.05) is 32.5 Å². The predicted octanol–water partition coefficient (Wildman–Crippen LogP) is 1.88. The molecule has 1 saturated carbocycles. The molecule has 3 aliphatic rings. The summed E-state index contributed by atoms with van der Waals surface area (Å²) in [6, 6.07) is -0.705. The number of likely N-dealkylation sites (tertiary alicyclic amines) is 2. The molecule has 2 amide bonds. The van der Waals surface area contributed by atoms with Gasteiger partial charge >= 0.3 is 5.97 Å². The molecule has 2 saturated heterocycles. The topological polar surface area (TPSA) is 77.9 Å². The second kappa shape index (κ2) is 6.73. The standard InChI is InChI=1S/C18H28N2O4/c1-13(21)20-12-18(11-15(20)17(23)24)7-9-19(10-8-18)16(22)14-5-3-2-4-6-14/h14-15H,2-12H2,1H3,(H,23,24)/t15-/m0/s1. The zero-order valence-corrected chi connectivity index (χ0v) is 14.5. The van der Waals surface area contributed by atoms with Crippen molar-refractivity contribution >= 4 is 17.8 Å². The third-order valence-corrected chi connectivity index (χ3v) is 6.29. The highest BCUT2D eigenvalue weighted by molar-refractivity contribution is 5.83. The first-order chi connectivity index (χ1) is 11.4. The lowest BCUT2D eigenvalue weighted by molar-refractivity contribution is -0.147. The molecule has 1 spiro atoms. The fourth-order valence-electron chi connectivity index (χ4n) is 4.78. The number of carboxylic acids is 1. The van der Waals surface area contributed by atoms with Crippen LogP contribution >= 0.6 is 0 Å². The molecule has 0 bridgehead atoms. The summed E-state index contributed by atoms with van der Waals surface area (Å²) in [5.41, 5.74) is -0.127. The molecule has 6 heteroatoms. The van der Waals surface area contributed by atoms with E-state index in [0.29, 0.717) is 32.0 Å². The number of rotatable bonds is 2. The van der Waals surface area contributed by atoms with Crippen molar-refractivity contribution < 1.29 is 19.5 Å². The van der Waals surface area contributed by atoms with Crippen molar-refractivity contribution in [1.29, 1.82) is 0 Å². The molecule has 0 unspecified atom stereocenters. The number of amides is 2. The van der Waals surface area contributed by atoms with Gasteiger partial charge in [0.15, 0.2) is 0 Å². The molecule has 1 atom stereocenters. The van der Waals surface area contributed by atoms with Crippen LogP contribution in [-0.2, 0) is 14.4 Å². The van der Waals surface area contributed by atoms with E-state index >= 15 is 0 Å². The van der Waals surface area contributed by atoms with Crippen LogP contribution in [0.5, 0.6) is 0 Å². The Hall–Kier alpha value is -1.59. The number of nitrogens with zero attached hydrogens (tertiary/aromatic N) is 2. The van der Waals surface area contributed by atoms with Crippen LogP contribution in [0.3, 0.4) is 0 Å². The van der Waals surface area contributed by atoms with Gasteiger partial charge in [-0.25, -0.2) is 4.79 Å². The molecule has 0 radical (unpaired) electrons. The SMILES string of the molecule is CC(=O)N1CC2(CCN(C(=O)C3CCCCC3)CC2)C[C@H]1C(=O)O. The van der Waals surface area contributed by atoms with Gasteiger partial charge < -0.3 is 14.9 Å². The highest BCUT2D eigenvalue weighted by atomic mass is 16.4. The van der Waals surface area contributed by atoms with Crippen LogP contribution in [0.1, 0.15) is 58.3 Å². The van der Waals surface area contributed by atoms with Gasteiger partial charge in [0.25, 0.3) is 0 Å². The van der Waals surface area contributed by atoms with E-state index in [1.165, 1.54) is 18.2 Å². The van der Waals surface area contributed by atoms with Gasteiger partial charge in [-0.1, -0.05) is 19.3 Å². The number of carboxylic acid groups (broad SMARTS) is 1. The average molecular weight is 336 g/mol. The maximum atomic E-state index is 12.7. The lowest BCUT2D eigenvalue weighted by Crippen LogP contribution is -2.46. The lowest BCUT2D eigenvalue weighted by Gasteiger charge is -2.40. The van der Waals surface area contributed by atoms with E-state index in [-0.39, 0.29) is 17.2 Å². The molecule has 6 nitrogen and oxygen atoms in total. The molecule has 0 aromatic rings. The zero-order chi connectivity index (χ0) is 17.3. The Kier molecular flexibility index (Phi) is 4.83. The van der Waals surface area contributed by atoms with E-state index in [4.69, 9.17) is 0 Å². The number of carbonyl (C=O) groups excluding carboxylic acids is 2. The van der Waals surface area contributed by atoms with Crippen molar-refractivity contribution in [2.45, 2.75) is 64.3 Å². The summed E-state index contributed by atoms with van der Waals surface area (Å²) >= 11 is 0. The fraction of sp³-hybridized carbons (Fsp3) is 0.833. The maximum absolute atomic E-state index is 12.7. The van der Waals surface area contributed by atoms with Crippen molar-refractivity contribution in [3.05, 3.63) is 0 Å². The molecule has 1 N–H and O–H groups in total. The molecule has 2 heterocycles. The van der Waals surface area contributed by atoms with E-state index in [1.54, 1.807) is 0 Å². The monoisotopic (exact) mass is 336 g/mol. The molecule has 134 valence electrons. The van der Waals surface area contributed by atoms with Crippen LogP contribution < -0.4 is 0 Å². The minimum atomic E-state index is -0.914. The first kappa shape index (κ1) is 17.2. The Morgan fingerprint density at radius 1 is 1.04 bits per heavy atom. The summed E-state index contributed by atoms with van der Waals surface area (Å²) in [6.45, 7) is 3.36. The van der Waals surface area contributed by atoms with E-state index in [1.807, 2.05) is 4.90 Å². The number of piperidine rings is 1. The predicted molar refractivity (Wildman–Crippen MR) is 88.2 cm³/mol. The third kappa shape index (κ3) is 3.28. The van der Waals surface area contributed by atoms with Gasteiger partial charge in [-0.05, 0) is 37.5 Å². The minimum absolute atomic E-state index is 0.127. The molecule has 3 rings (SSSR count). The van der Waals surface area contributed by atoms with E-state index in [9.17, 15) is 19.5 Å². The molecule has 0 aromatic carbocycles. The summed E-state index contributed by atoms with van der Waals surface area (Å²) < 4.78 is 0. The first-order valence-corrected chi connectivity index (χ1v) is 9.21. The van der Waals surface area contributed by atoms with Crippen LogP contribution in [0.15, 0.2) is 0 Å². The molecule has 24 heavy (non-hydrogen) atoms. The second-order valence-electron chi connectivity index (χ2n) is 7.87. The summed E-state index contributed by atoms with van der Waals surface area (Å²) in [7, 11) is 0. The summed E-state index contributed by atoms with van der Waals surface area (Å²) in [5.74, 6) is -0.597. The molecule has 2 aliphatic heterocycles. The molecule has 1 aliphatic carbocycles. The Labute approximate surface area is 143 Å². The number of hydrogen-bond donors (Lipinski definition) is 1. The summed E-state index contributed by atoms with van der Waals surface area (Å²) in [5, 5.41) is 9.40. The van der Waals surface area contributed by atoms with Gasteiger partial charge in [0.2, 0.25) is 11.8 Å². The van der Waals surface area contributed by atoms with Crippen LogP contribution in [0.4, 0.5) is 0 Å². The average Bonchev–Trinajstić information content (AvgIpc) is 2.96. The third-order valence-electron chi connectivity index (χ3n) is 6.29. The zero-order valence-electron chi connectivity index (χ0n) is 14.5. The maximum Gasteiger partial charge on any atom is 0.326 e.